The van der Waals surface area contributed by atoms with E-state index < -0.39 is 23.9 Å². The Hall–Kier alpha value is -3.41. The number of fused-ring (bicyclic) bond motifs is 1. The Morgan fingerprint density at radius 3 is 1.80 bits per heavy atom. The van der Waals surface area contributed by atoms with Crippen molar-refractivity contribution in [3.05, 3.63) is 41.4 Å². The van der Waals surface area contributed by atoms with Crippen molar-refractivity contribution in [3.63, 3.8) is 0 Å². The highest BCUT2D eigenvalue weighted by Crippen LogP contribution is 2.31. The molecule has 164 valence electrons. The van der Waals surface area contributed by atoms with Gasteiger partial charge in [-0.05, 0) is 12.1 Å². The van der Waals surface area contributed by atoms with Crippen molar-refractivity contribution in [2.24, 2.45) is 5.73 Å². The molecule has 0 heterocycles. The average Bonchev–Trinajstić information content (AvgIpc) is 2.70. The van der Waals surface area contributed by atoms with Crippen molar-refractivity contribution < 1.29 is 44.3 Å². The zero-order chi connectivity index (χ0) is 23.1. The predicted octanol–water partition coefficient (Wildman–Crippen LogP) is 0.731. The van der Waals surface area contributed by atoms with E-state index in [-0.39, 0.29) is 0 Å². The van der Waals surface area contributed by atoms with E-state index >= 15 is 0 Å². The molecule has 11 nitrogen and oxygen atoms in total. The second kappa shape index (κ2) is 14.6. The quantitative estimate of drug-likeness (QED) is 0.271. The number of ether oxygens (including phenoxy) is 1. The van der Waals surface area contributed by atoms with Gasteiger partial charge in [0.1, 0.15) is 12.4 Å². The third-order valence-corrected chi connectivity index (χ3v) is 3.38. The van der Waals surface area contributed by atoms with Crippen LogP contribution in [0.25, 0.3) is 10.8 Å². The van der Waals surface area contributed by atoms with Crippen LogP contribution in [0.1, 0.15) is 0 Å². The van der Waals surface area contributed by atoms with Crippen molar-refractivity contribution >= 4 is 46.3 Å². The van der Waals surface area contributed by atoms with Gasteiger partial charge in [0.05, 0.1) is 0 Å². The number of rotatable bonds is 6. The van der Waals surface area contributed by atoms with E-state index in [1.165, 1.54) is 0 Å². The molecule has 0 aliphatic carbocycles. The molecular weight excluding hydrogens is 424 g/mol. The predicted molar refractivity (Wildman–Crippen MR) is 107 cm³/mol. The van der Waals surface area contributed by atoms with E-state index in [1.807, 2.05) is 36.4 Å². The van der Waals surface area contributed by atoms with Gasteiger partial charge in [0.2, 0.25) is 0 Å². The molecule has 0 radical (unpaired) electrons. The van der Waals surface area contributed by atoms with Gasteiger partial charge in [0, 0.05) is 35.4 Å². The van der Waals surface area contributed by atoms with Gasteiger partial charge in [-0.1, -0.05) is 35.9 Å². The van der Waals surface area contributed by atoms with Crippen molar-refractivity contribution in [2.75, 3.05) is 26.2 Å². The van der Waals surface area contributed by atoms with E-state index in [4.69, 9.17) is 61.7 Å². The van der Waals surface area contributed by atoms with E-state index in [9.17, 15) is 0 Å². The fraction of sp³-hybridized carbons (Fsp3) is 0.222. The number of carbonyl (C=O) groups is 4. The molecule has 0 amide bonds. The molecule has 0 aliphatic rings. The molecule has 0 bridgehead atoms. The van der Waals surface area contributed by atoms with Gasteiger partial charge in [-0.3, -0.25) is 0 Å². The van der Waals surface area contributed by atoms with Crippen LogP contribution >= 0.6 is 11.6 Å². The maximum absolute atomic E-state index is 9.10. The number of carboxylic acid groups (broad SMARTS) is 4. The van der Waals surface area contributed by atoms with E-state index in [1.54, 1.807) is 0 Å². The van der Waals surface area contributed by atoms with Crippen LogP contribution in [0.5, 0.6) is 5.75 Å². The van der Waals surface area contributed by atoms with E-state index in [0.29, 0.717) is 13.2 Å². The molecule has 0 atom stereocenters. The fourth-order valence-electron chi connectivity index (χ4n) is 1.82. The lowest BCUT2D eigenvalue weighted by Gasteiger charge is -2.10. The summed E-state index contributed by atoms with van der Waals surface area (Å²) >= 11 is 6.15. The van der Waals surface area contributed by atoms with Gasteiger partial charge in [-0.2, -0.15) is 0 Å². The minimum absolute atomic E-state index is 0.617. The zero-order valence-corrected chi connectivity index (χ0v) is 16.3. The van der Waals surface area contributed by atoms with Crippen LogP contribution in [0.4, 0.5) is 0 Å². The summed E-state index contributed by atoms with van der Waals surface area (Å²) in [5, 5.41) is 35.6. The number of benzene rings is 2. The Balaban J connectivity index is 0.000000580. The molecule has 2 rings (SSSR count). The van der Waals surface area contributed by atoms with Gasteiger partial charge < -0.3 is 36.2 Å². The Bertz CT molecular complexity index is 826. The van der Waals surface area contributed by atoms with Crippen molar-refractivity contribution in [2.45, 2.75) is 0 Å². The number of nitrogens with one attached hydrogen (secondary N) is 1. The molecule has 0 saturated carbocycles. The molecular formula is C18H21ClN2O9. The highest BCUT2D eigenvalue weighted by molar-refractivity contribution is 6.35. The lowest BCUT2D eigenvalue weighted by Crippen LogP contribution is -2.26. The molecule has 0 spiro atoms. The first-order chi connectivity index (χ1) is 14.1. The average molecular weight is 445 g/mol. The summed E-state index contributed by atoms with van der Waals surface area (Å²) < 4.78 is 5.76. The van der Waals surface area contributed by atoms with Gasteiger partial charge >= 0.3 is 23.9 Å². The molecule has 0 aliphatic heterocycles. The highest BCUT2D eigenvalue weighted by atomic mass is 35.5. The molecule has 2 aromatic rings. The molecule has 7 N–H and O–H groups in total. The molecule has 0 fully saturated rings. The lowest BCUT2D eigenvalue weighted by molar-refractivity contribution is -0.159. The SMILES string of the molecule is NCCNCCOc1ccc(Cl)c2ccccc12.O=C(O)C(=O)O.O=C(O)C(=O)O. The third kappa shape index (κ3) is 10.8. The summed E-state index contributed by atoms with van der Waals surface area (Å²) in [5.74, 6) is -6.43. The molecule has 30 heavy (non-hydrogen) atoms. The monoisotopic (exact) mass is 444 g/mol. The number of halogens is 1. The minimum Gasteiger partial charge on any atom is -0.492 e. The van der Waals surface area contributed by atoms with Gasteiger partial charge in [0.25, 0.3) is 0 Å². The molecule has 0 unspecified atom stereocenters. The Morgan fingerprint density at radius 2 is 1.33 bits per heavy atom. The lowest BCUT2D eigenvalue weighted by atomic mass is 10.1. The smallest absolute Gasteiger partial charge is 0.414 e. The van der Waals surface area contributed by atoms with Crippen LogP contribution in [-0.4, -0.2) is 70.5 Å². The molecule has 0 saturated heterocycles. The number of hydrogen-bond donors (Lipinski definition) is 6. The summed E-state index contributed by atoms with van der Waals surface area (Å²) in [6.45, 7) is 2.86. The molecule has 2 aromatic carbocycles. The number of nitrogens with two attached hydrogens (primary N) is 1. The minimum atomic E-state index is -1.82. The maximum Gasteiger partial charge on any atom is 0.414 e. The van der Waals surface area contributed by atoms with Gasteiger partial charge in [-0.15, -0.1) is 0 Å². The number of hydrogen-bond acceptors (Lipinski definition) is 7. The zero-order valence-electron chi connectivity index (χ0n) is 15.6. The van der Waals surface area contributed by atoms with Crippen molar-refractivity contribution in [1.82, 2.24) is 5.32 Å². The maximum atomic E-state index is 9.10. The van der Waals surface area contributed by atoms with Gasteiger partial charge in [0.15, 0.2) is 0 Å². The second-order valence-corrected chi connectivity index (χ2v) is 5.61. The van der Waals surface area contributed by atoms with Crippen LogP contribution in [0.3, 0.4) is 0 Å². The van der Waals surface area contributed by atoms with Crippen molar-refractivity contribution in [1.29, 1.82) is 0 Å². The largest absolute Gasteiger partial charge is 0.492 e. The summed E-state index contributed by atoms with van der Waals surface area (Å²) in [6.07, 6.45) is 0. The normalized spacial score (nSPS) is 9.40. The summed E-state index contributed by atoms with van der Waals surface area (Å²) in [4.78, 5) is 36.4. The van der Waals surface area contributed by atoms with Crippen LogP contribution < -0.4 is 15.8 Å². The standard InChI is InChI=1S/C14H17ClN2O.2C2H2O4/c15-13-5-6-14(18-10-9-17-8-7-16)12-4-2-1-3-11(12)13;2*3-1(4)2(5)6/h1-6,17H,7-10,16H2;2*(H,3,4)(H,5,6). The van der Waals surface area contributed by atoms with Crippen LogP contribution in [0.15, 0.2) is 36.4 Å². The van der Waals surface area contributed by atoms with Gasteiger partial charge in [-0.25, -0.2) is 19.2 Å². The summed E-state index contributed by atoms with van der Waals surface area (Å²) in [6, 6.07) is 11.8. The van der Waals surface area contributed by atoms with Crippen molar-refractivity contribution in [3.8, 4) is 5.75 Å². The van der Waals surface area contributed by atoms with Crippen LogP contribution in [0.2, 0.25) is 5.02 Å². The summed E-state index contributed by atoms with van der Waals surface area (Å²) in [5.41, 5.74) is 5.39. The highest BCUT2D eigenvalue weighted by Gasteiger charge is 2.05. The topological polar surface area (TPSA) is 196 Å². The second-order valence-electron chi connectivity index (χ2n) is 5.20. The third-order valence-electron chi connectivity index (χ3n) is 3.05. The molecule has 12 heteroatoms. The Morgan fingerprint density at radius 1 is 0.833 bits per heavy atom. The first-order valence-corrected chi connectivity index (χ1v) is 8.62. The van der Waals surface area contributed by atoms with Crippen LogP contribution in [0, 0.1) is 0 Å². The van der Waals surface area contributed by atoms with E-state index in [2.05, 4.69) is 5.32 Å². The Labute approximate surface area is 175 Å². The molecule has 0 aromatic heterocycles. The van der Waals surface area contributed by atoms with E-state index in [0.717, 1.165) is 34.6 Å². The number of aliphatic carboxylic acids is 4. The first-order valence-electron chi connectivity index (χ1n) is 8.25. The summed E-state index contributed by atoms with van der Waals surface area (Å²) in [7, 11) is 0. The Kier molecular flexibility index (Phi) is 12.9. The number of carboxylic acids is 4. The fourth-order valence-corrected chi connectivity index (χ4v) is 2.05. The van der Waals surface area contributed by atoms with Crippen LogP contribution in [-0.2, 0) is 19.2 Å². The first kappa shape index (κ1) is 26.6.